The SMILES string of the molecule is Fc1ccc(N2CCCN3CCCCC3C2)cc1F. The van der Waals surface area contributed by atoms with Gasteiger partial charge in [-0.05, 0) is 37.9 Å². The molecule has 0 aromatic heterocycles. The zero-order valence-corrected chi connectivity index (χ0v) is 11.1. The average molecular weight is 266 g/mol. The first-order valence-corrected chi connectivity index (χ1v) is 7.18. The number of benzene rings is 1. The van der Waals surface area contributed by atoms with E-state index >= 15 is 0 Å². The van der Waals surface area contributed by atoms with Crippen molar-refractivity contribution in [3.8, 4) is 0 Å². The summed E-state index contributed by atoms with van der Waals surface area (Å²) in [6.45, 7) is 4.18. The predicted molar refractivity (Wildman–Crippen MR) is 72.4 cm³/mol. The van der Waals surface area contributed by atoms with Crippen molar-refractivity contribution < 1.29 is 8.78 Å². The van der Waals surface area contributed by atoms with Crippen LogP contribution in [0.25, 0.3) is 0 Å². The molecule has 2 heterocycles. The molecular weight excluding hydrogens is 246 g/mol. The van der Waals surface area contributed by atoms with Crippen LogP contribution in [-0.2, 0) is 0 Å². The Kier molecular flexibility index (Phi) is 3.69. The second-order valence-corrected chi connectivity index (χ2v) is 5.58. The quantitative estimate of drug-likeness (QED) is 0.771. The Balaban J connectivity index is 1.78. The molecule has 0 bridgehead atoms. The normalized spacial score (nSPS) is 24.9. The van der Waals surface area contributed by atoms with Crippen molar-refractivity contribution >= 4 is 5.69 Å². The van der Waals surface area contributed by atoms with Crippen molar-refractivity contribution in [3.05, 3.63) is 29.8 Å². The zero-order chi connectivity index (χ0) is 13.2. The van der Waals surface area contributed by atoms with E-state index in [2.05, 4.69) is 9.80 Å². The molecule has 1 unspecified atom stereocenters. The topological polar surface area (TPSA) is 6.48 Å². The maximum absolute atomic E-state index is 13.4. The van der Waals surface area contributed by atoms with Crippen LogP contribution in [0, 0.1) is 11.6 Å². The molecule has 2 aliphatic heterocycles. The lowest BCUT2D eigenvalue weighted by Crippen LogP contribution is -2.44. The molecular formula is C15H20F2N2. The van der Waals surface area contributed by atoms with Crippen LogP contribution in [0.5, 0.6) is 0 Å². The van der Waals surface area contributed by atoms with Crippen LogP contribution in [0.3, 0.4) is 0 Å². The van der Waals surface area contributed by atoms with Gasteiger partial charge in [-0.15, -0.1) is 0 Å². The van der Waals surface area contributed by atoms with Gasteiger partial charge in [0, 0.05) is 37.4 Å². The van der Waals surface area contributed by atoms with E-state index in [-0.39, 0.29) is 0 Å². The summed E-state index contributed by atoms with van der Waals surface area (Å²) in [4.78, 5) is 4.77. The van der Waals surface area contributed by atoms with Crippen molar-refractivity contribution in [1.29, 1.82) is 0 Å². The highest BCUT2D eigenvalue weighted by Crippen LogP contribution is 2.25. The van der Waals surface area contributed by atoms with Crippen LogP contribution < -0.4 is 4.90 Å². The minimum Gasteiger partial charge on any atom is -0.370 e. The van der Waals surface area contributed by atoms with Crippen molar-refractivity contribution in [2.45, 2.75) is 31.7 Å². The first-order valence-electron chi connectivity index (χ1n) is 7.18. The molecule has 3 rings (SSSR count). The van der Waals surface area contributed by atoms with Gasteiger partial charge in [-0.3, -0.25) is 4.90 Å². The third kappa shape index (κ3) is 2.73. The van der Waals surface area contributed by atoms with E-state index in [0.717, 1.165) is 31.7 Å². The minimum atomic E-state index is -0.766. The molecule has 0 aliphatic carbocycles. The standard InChI is InChI=1S/C15H20F2N2/c16-14-6-5-12(10-15(14)17)19-9-3-8-18-7-2-1-4-13(18)11-19/h5-6,10,13H,1-4,7-9,11H2. The lowest BCUT2D eigenvalue weighted by molar-refractivity contribution is 0.162. The summed E-state index contributed by atoms with van der Waals surface area (Å²) in [7, 11) is 0. The van der Waals surface area contributed by atoms with Crippen molar-refractivity contribution in [3.63, 3.8) is 0 Å². The van der Waals surface area contributed by atoms with E-state index in [0.29, 0.717) is 6.04 Å². The van der Waals surface area contributed by atoms with E-state index in [9.17, 15) is 8.78 Å². The Morgan fingerprint density at radius 1 is 0.947 bits per heavy atom. The molecule has 0 radical (unpaired) electrons. The van der Waals surface area contributed by atoms with E-state index < -0.39 is 11.6 Å². The van der Waals surface area contributed by atoms with Gasteiger partial charge in [0.05, 0.1) is 0 Å². The van der Waals surface area contributed by atoms with Gasteiger partial charge < -0.3 is 4.90 Å². The molecule has 19 heavy (non-hydrogen) atoms. The Labute approximate surface area is 113 Å². The Hall–Kier alpha value is -1.16. The van der Waals surface area contributed by atoms with Gasteiger partial charge in [0.15, 0.2) is 11.6 Å². The van der Waals surface area contributed by atoms with Crippen LogP contribution in [0.4, 0.5) is 14.5 Å². The second-order valence-electron chi connectivity index (χ2n) is 5.58. The molecule has 0 saturated carbocycles. The van der Waals surface area contributed by atoms with Gasteiger partial charge in [0.1, 0.15) is 0 Å². The highest BCUT2D eigenvalue weighted by Gasteiger charge is 2.27. The summed E-state index contributed by atoms with van der Waals surface area (Å²) in [5.41, 5.74) is 0.811. The highest BCUT2D eigenvalue weighted by atomic mass is 19.2. The monoisotopic (exact) mass is 266 g/mol. The van der Waals surface area contributed by atoms with Crippen molar-refractivity contribution in [2.75, 3.05) is 31.1 Å². The Morgan fingerprint density at radius 3 is 2.63 bits per heavy atom. The van der Waals surface area contributed by atoms with Crippen LogP contribution in [0.1, 0.15) is 25.7 Å². The fourth-order valence-electron chi connectivity index (χ4n) is 3.29. The molecule has 2 saturated heterocycles. The highest BCUT2D eigenvalue weighted by molar-refractivity contribution is 5.47. The second kappa shape index (κ2) is 5.45. The predicted octanol–water partition coefficient (Wildman–Crippen LogP) is 3.03. The molecule has 1 aromatic rings. The lowest BCUT2D eigenvalue weighted by Gasteiger charge is -2.35. The third-order valence-electron chi connectivity index (χ3n) is 4.32. The number of hydrogen-bond acceptors (Lipinski definition) is 2. The van der Waals surface area contributed by atoms with Gasteiger partial charge in [-0.2, -0.15) is 0 Å². The zero-order valence-electron chi connectivity index (χ0n) is 11.1. The molecule has 0 N–H and O–H groups in total. The van der Waals surface area contributed by atoms with Gasteiger partial charge >= 0.3 is 0 Å². The number of piperidine rings is 1. The molecule has 2 aliphatic rings. The number of halogens is 2. The number of fused-ring (bicyclic) bond motifs is 1. The summed E-state index contributed by atoms with van der Waals surface area (Å²) >= 11 is 0. The maximum atomic E-state index is 13.4. The molecule has 4 heteroatoms. The van der Waals surface area contributed by atoms with Crippen molar-refractivity contribution in [2.24, 2.45) is 0 Å². The lowest BCUT2D eigenvalue weighted by atomic mass is 10.0. The smallest absolute Gasteiger partial charge is 0.160 e. The fraction of sp³-hybridized carbons (Fsp3) is 0.600. The fourth-order valence-corrected chi connectivity index (χ4v) is 3.29. The van der Waals surface area contributed by atoms with Crippen LogP contribution >= 0.6 is 0 Å². The van der Waals surface area contributed by atoms with Crippen LogP contribution in [0.15, 0.2) is 18.2 Å². The summed E-state index contributed by atoms with van der Waals surface area (Å²) < 4.78 is 26.4. The molecule has 1 atom stereocenters. The minimum absolute atomic E-state index is 0.573. The average Bonchev–Trinajstić information content (AvgIpc) is 2.64. The van der Waals surface area contributed by atoms with E-state index in [1.54, 1.807) is 6.07 Å². The number of hydrogen-bond donors (Lipinski definition) is 0. The molecule has 104 valence electrons. The number of rotatable bonds is 1. The van der Waals surface area contributed by atoms with Crippen LogP contribution in [-0.4, -0.2) is 37.1 Å². The molecule has 1 aromatic carbocycles. The summed E-state index contributed by atoms with van der Waals surface area (Å²) in [6.07, 6.45) is 4.89. The first kappa shape index (κ1) is 12.9. The third-order valence-corrected chi connectivity index (χ3v) is 4.32. The van der Waals surface area contributed by atoms with Crippen molar-refractivity contribution in [1.82, 2.24) is 4.90 Å². The Bertz CT molecular complexity index is 450. The van der Waals surface area contributed by atoms with Crippen LogP contribution in [0.2, 0.25) is 0 Å². The van der Waals surface area contributed by atoms with Gasteiger partial charge in [0.2, 0.25) is 0 Å². The van der Waals surface area contributed by atoms with Gasteiger partial charge in [0.25, 0.3) is 0 Å². The summed E-state index contributed by atoms with van der Waals surface area (Å²) in [5.74, 6) is -1.51. The summed E-state index contributed by atoms with van der Waals surface area (Å²) in [6, 6.07) is 4.82. The largest absolute Gasteiger partial charge is 0.370 e. The molecule has 0 amide bonds. The molecule has 0 spiro atoms. The van der Waals surface area contributed by atoms with Gasteiger partial charge in [-0.1, -0.05) is 6.42 Å². The Morgan fingerprint density at radius 2 is 1.79 bits per heavy atom. The van der Waals surface area contributed by atoms with E-state index in [1.807, 2.05) is 0 Å². The van der Waals surface area contributed by atoms with Gasteiger partial charge in [-0.25, -0.2) is 8.78 Å². The molecule has 2 nitrogen and oxygen atoms in total. The van der Waals surface area contributed by atoms with E-state index in [4.69, 9.17) is 0 Å². The number of anilines is 1. The van der Waals surface area contributed by atoms with E-state index in [1.165, 1.54) is 37.9 Å². The summed E-state index contributed by atoms with van der Waals surface area (Å²) in [5, 5.41) is 0. The number of nitrogens with zero attached hydrogens (tertiary/aromatic N) is 2. The molecule has 2 fully saturated rings. The maximum Gasteiger partial charge on any atom is 0.160 e. The first-order chi connectivity index (χ1) is 9.24.